The molecule has 0 amide bonds. The average molecular weight is 389 g/mol. The number of hydrogen-bond donors (Lipinski definition) is 2. The second-order valence-electron chi connectivity index (χ2n) is 8.30. The van der Waals surface area contributed by atoms with E-state index in [4.69, 9.17) is 4.74 Å². The molecular weight excluding hydrogens is 352 g/mol. The maximum Gasteiger partial charge on any atom is 0.338 e. The monoisotopic (exact) mass is 388 g/mol. The predicted molar refractivity (Wildman–Crippen MR) is 112 cm³/mol. The second-order valence-corrected chi connectivity index (χ2v) is 8.30. The van der Waals surface area contributed by atoms with Gasteiger partial charge in [0.25, 0.3) is 0 Å². The van der Waals surface area contributed by atoms with Gasteiger partial charge in [0.05, 0.1) is 5.57 Å². The van der Waals surface area contributed by atoms with Gasteiger partial charge in [-0.3, -0.25) is 0 Å². The van der Waals surface area contributed by atoms with Gasteiger partial charge < -0.3 is 14.9 Å². The van der Waals surface area contributed by atoms with Crippen LogP contribution in [0.2, 0.25) is 0 Å². The van der Waals surface area contributed by atoms with Gasteiger partial charge >= 0.3 is 5.97 Å². The number of phenolic OH excluding ortho intramolecular Hbond substituents is 1. The van der Waals surface area contributed by atoms with E-state index < -0.39 is 5.60 Å². The number of aromatic hydroxyl groups is 1. The minimum atomic E-state index is -0.804. The molecule has 0 saturated carbocycles. The van der Waals surface area contributed by atoms with Crippen LogP contribution in [-0.2, 0) is 16.0 Å². The van der Waals surface area contributed by atoms with Crippen LogP contribution in [0.1, 0.15) is 90.0 Å². The summed E-state index contributed by atoms with van der Waals surface area (Å²) in [7, 11) is 0. The molecule has 4 heteroatoms. The summed E-state index contributed by atoms with van der Waals surface area (Å²) in [5.74, 6) is 0.0657. The Hall–Kier alpha value is -1.97. The van der Waals surface area contributed by atoms with Gasteiger partial charge in [-0.25, -0.2) is 4.79 Å². The number of unbranched alkanes of at least 4 members (excludes halogenated alkanes) is 9. The van der Waals surface area contributed by atoms with Gasteiger partial charge in [-0.1, -0.05) is 63.5 Å². The predicted octanol–water partition coefficient (Wildman–Crippen LogP) is 6.37. The Kier molecular flexibility index (Phi) is 8.88. The molecule has 1 aliphatic heterocycles. The summed E-state index contributed by atoms with van der Waals surface area (Å²) in [6, 6.07) is 7.53. The van der Waals surface area contributed by atoms with E-state index in [0.717, 1.165) is 19.3 Å². The van der Waals surface area contributed by atoms with Gasteiger partial charge in [0, 0.05) is 0 Å². The van der Waals surface area contributed by atoms with Crippen LogP contribution < -0.4 is 0 Å². The first-order valence-corrected chi connectivity index (χ1v) is 10.8. The van der Waals surface area contributed by atoms with E-state index in [1.54, 1.807) is 26.0 Å². The third kappa shape index (κ3) is 6.88. The molecular formula is C24H36O4. The molecule has 28 heavy (non-hydrogen) atoms. The van der Waals surface area contributed by atoms with Crippen LogP contribution in [0.25, 0.3) is 0 Å². The number of benzene rings is 1. The highest BCUT2D eigenvalue weighted by atomic mass is 16.6. The third-order valence-electron chi connectivity index (χ3n) is 5.79. The smallest absolute Gasteiger partial charge is 0.338 e. The SMILES string of the molecule is CC1=C(O)[C@@](C)(CCCCCCCCCCCCc2ccc(O)cc2)OC1=O. The van der Waals surface area contributed by atoms with E-state index in [2.05, 4.69) is 0 Å². The molecule has 1 aliphatic rings. The van der Waals surface area contributed by atoms with Crippen LogP contribution >= 0.6 is 0 Å². The Bertz CT molecular complexity index is 647. The summed E-state index contributed by atoms with van der Waals surface area (Å²) in [6.07, 6.45) is 14.0. The Balaban J connectivity index is 1.40. The van der Waals surface area contributed by atoms with Crippen molar-refractivity contribution in [1.82, 2.24) is 0 Å². The topological polar surface area (TPSA) is 66.8 Å². The van der Waals surface area contributed by atoms with E-state index in [-0.39, 0.29) is 11.7 Å². The average Bonchev–Trinajstić information content (AvgIpc) is 2.87. The molecule has 2 rings (SSSR count). The first-order chi connectivity index (χ1) is 13.4. The summed E-state index contributed by atoms with van der Waals surface area (Å²) in [5, 5.41) is 19.3. The van der Waals surface area contributed by atoms with Gasteiger partial charge in [0.1, 0.15) is 11.5 Å². The summed E-state index contributed by atoms with van der Waals surface area (Å²) >= 11 is 0. The van der Waals surface area contributed by atoms with Gasteiger partial charge in [-0.15, -0.1) is 0 Å². The molecule has 156 valence electrons. The van der Waals surface area contributed by atoms with Crippen LogP contribution in [0, 0.1) is 0 Å². The highest BCUT2D eigenvalue weighted by Gasteiger charge is 2.42. The highest BCUT2D eigenvalue weighted by molar-refractivity contribution is 5.91. The van der Waals surface area contributed by atoms with Gasteiger partial charge in [0.2, 0.25) is 0 Å². The zero-order valence-electron chi connectivity index (χ0n) is 17.5. The molecule has 0 unspecified atom stereocenters. The molecule has 0 bridgehead atoms. The molecule has 1 aromatic carbocycles. The Morgan fingerprint density at radius 1 is 0.821 bits per heavy atom. The van der Waals surface area contributed by atoms with Crippen LogP contribution in [0.5, 0.6) is 5.75 Å². The largest absolute Gasteiger partial charge is 0.508 e. The van der Waals surface area contributed by atoms with Crippen molar-refractivity contribution in [3.05, 3.63) is 41.2 Å². The second kappa shape index (κ2) is 11.1. The molecule has 0 fully saturated rings. The van der Waals surface area contributed by atoms with Gasteiger partial charge in [0.15, 0.2) is 5.60 Å². The van der Waals surface area contributed by atoms with E-state index >= 15 is 0 Å². The lowest BCUT2D eigenvalue weighted by Gasteiger charge is -2.23. The Morgan fingerprint density at radius 2 is 1.32 bits per heavy atom. The molecule has 0 aromatic heterocycles. The quantitative estimate of drug-likeness (QED) is 0.304. The molecule has 0 spiro atoms. The molecule has 1 heterocycles. The van der Waals surface area contributed by atoms with Crippen LogP contribution in [0.15, 0.2) is 35.6 Å². The van der Waals surface area contributed by atoms with Crippen molar-refractivity contribution in [1.29, 1.82) is 0 Å². The van der Waals surface area contributed by atoms with Crippen LogP contribution in [0.4, 0.5) is 0 Å². The van der Waals surface area contributed by atoms with Crippen LogP contribution in [-0.4, -0.2) is 21.8 Å². The maximum absolute atomic E-state index is 11.5. The van der Waals surface area contributed by atoms with Crippen molar-refractivity contribution >= 4 is 5.97 Å². The number of carbonyl (C=O) groups is 1. The standard InChI is InChI=1S/C24H36O4/c1-19-22(26)24(2,28-23(19)27)18-12-10-8-6-4-3-5-7-9-11-13-20-14-16-21(25)17-15-20/h14-17,25-26H,3-13,18H2,1-2H3/t24-/m1/s1. The minimum absolute atomic E-state index is 0.114. The van der Waals surface area contributed by atoms with Crippen molar-refractivity contribution in [3.63, 3.8) is 0 Å². The van der Waals surface area contributed by atoms with Crippen molar-refractivity contribution in [2.75, 3.05) is 0 Å². The Morgan fingerprint density at radius 3 is 1.82 bits per heavy atom. The lowest BCUT2D eigenvalue weighted by Crippen LogP contribution is -2.27. The van der Waals surface area contributed by atoms with Crippen LogP contribution in [0.3, 0.4) is 0 Å². The van der Waals surface area contributed by atoms with E-state index in [9.17, 15) is 15.0 Å². The maximum atomic E-state index is 11.5. The van der Waals surface area contributed by atoms with Gasteiger partial charge in [-0.05, 0) is 57.2 Å². The number of aliphatic hydroxyl groups excluding tert-OH is 1. The summed E-state index contributed by atoms with van der Waals surface area (Å²) < 4.78 is 5.32. The fourth-order valence-electron chi connectivity index (χ4n) is 3.86. The molecule has 0 saturated heterocycles. The normalized spacial score (nSPS) is 19.3. The first kappa shape index (κ1) is 22.3. The lowest BCUT2D eigenvalue weighted by molar-refractivity contribution is -0.147. The summed E-state index contributed by atoms with van der Waals surface area (Å²) in [5.41, 5.74) is 0.852. The molecule has 1 atom stereocenters. The highest BCUT2D eigenvalue weighted by Crippen LogP contribution is 2.35. The number of aliphatic hydroxyl groups is 1. The number of ether oxygens (including phenoxy) is 1. The Labute approximate surface area is 169 Å². The van der Waals surface area contributed by atoms with E-state index in [1.165, 1.54) is 56.9 Å². The molecule has 4 nitrogen and oxygen atoms in total. The van der Waals surface area contributed by atoms with Crippen molar-refractivity contribution < 1.29 is 19.7 Å². The summed E-state index contributed by atoms with van der Waals surface area (Å²) in [6.45, 7) is 3.43. The fourth-order valence-corrected chi connectivity index (χ4v) is 3.86. The molecule has 0 aliphatic carbocycles. The number of aryl methyl sites for hydroxylation is 1. The number of hydrogen-bond acceptors (Lipinski definition) is 4. The van der Waals surface area contributed by atoms with Crippen molar-refractivity contribution in [2.24, 2.45) is 0 Å². The number of esters is 1. The molecule has 2 N–H and O–H groups in total. The zero-order valence-corrected chi connectivity index (χ0v) is 17.5. The minimum Gasteiger partial charge on any atom is -0.508 e. The zero-order chi connectivity index (χ0) is 20.4. The third-order valence-corrected chi connectivity index (χ3v) is 5.79. The lowest BCUT2D eigenvalue weighted by atomic mass is 9.95. The van der Waals surface area contributed by atoms with Crippen molar-refractivity contribution in [2.45, 2.75) is 96.5 Å². The van der Waals surface area contributed by atoms with E-state index in [1.807, 2.05) is 12.1 Å². The number of phenols is 1. The molecule has 0 radical (unpaired) electrons. The van der Waals surface area contributed by atoms with E-state index in [0.29, 0.717) is 17.7 Å². The number of rotatable bonds is 13. The summed E-state index contributed by atoms with van der Waals surface area (Å²) in [4.78, 5) is 11.5. The fraction of sp³-hybridized carbons (Fsp3) is 0.625. The first-order valence-electron chi connectivity index (χ1n) is 10.8. The number of cyclic esters (lactones) is 1. The number of carbonyl (C=O) groups excluding carboxylic acids is 1. The molecule has 1 aromatic rings. The van der Waals surface area contributed by atoms with Crippen molar-refractivity contribution in [3.8, 4) is 5.75 Å². The van der Waals surface area contributed by atoms with Gasteiger partial charge in [-0.2, -0.15) is 0 Å².